The molecule has 0 saturated carbocycles. The number of amidine groups is 1. The van der Waals surface area contributed by atoms with E-state index in [0.717, 1.165) is 17.3 Å². The lowest BCUT2D eigenvalue weighted by molar-refractivity contribution is -0.122. The number of hydrogen-bond acceptors (Lipinski definition) is 6. The highest BCUT2D eigenvalue weighted by Crippen LogP contribution is 2.23. The topological polar surface area (TPSA) is 100.0 Å². The van der Waals surface area contributed by atoms with Crippen LogP contribution in [0.3, 0.4) is 0 Å². The molecule has 1 saturated heterocycles. The van der Waals surface area contributed by atoms with Crippen molar-refractivity contribution >= 4 is 46.4 Å². The highest BCUT2D eigenvalue weighted by molar-refractivity contribution is 8.15. The van der Waals surface area contributed by atoms with Gasteiger partial charge in [0.1, 0.15) is 5.25 Å². The van der Waals surface area contributed by atoms with Gasteiger partial charge < -0.3 is 10.6 Å². The molecule has 3 rings (SSSR count). The van der Waals surface area contributed by atoms with E-state index >= 15 is 0 Å². The third-order valence-electron chi connectivity index (χ3n) is 3.86. The number of nitrogens with zero attached hydrogens (tertiary/aromatic N) is 2. The van der Waals surface area contributed by atoms with Crippen molar-refractivity contribution in [2.75, 3.05) is 5.32 Å². The fourth-order valence-corrected chi connectivity index (χ4v) is 3.39. The summed E-state index contributed by atoms with van der Waals surface area (Å²) >= 11 is 1.16. The van der Waals surface area contributed by atoms with E-state index in [9.17, 15) is 14.4 Å². The first-order valence-corrected chi connectivity index (χ1v) is 9.43. The summed E-state index contributed by atoms with van der Waals surface area (Å²) in [4.78, 5) is 35.7. The van der Waals surface area contributed by atoms with E-state index in [2.05, 4.69) is 20.8 Å². The van der Waals surface area contributed by atoms with Gasteiger partial charge in [-0.1, -0.05) is 54.2 Å². The van der Waals surface area contributed by atoms with Crippen LogP contribution >= 0.6 is 11.8 Å². The van der Waals surface area contributed by atoms with E-state index in [1.54, 1.807) is 30.5 Å². The second-order valence-corrected chi connectivity index (χ2v) is 7.24. The molecule has 1 aliphatic rings. The van der Waals surface area contributed by atoms with Crippen LogP contribution in [0.2, 0.25) is 0 Å². The highest BCUT2D eigenvalue weighted by Gasteiger charge is 2.32. The summed E-state index contributed by atoms with van der Waals surface area (Å²) in [6, 6.07) is 16.1. The summed E-state index contributed by atoms with van der Waals surface area (Å²) in [6.07, 6.45) is 1.57. The minimum atomic E-state index is -0.582. The molecule has 1 atom stereocenters. The second-order valence-electron chi connectivity index (χ2n) is 6.05. The van der Waals surface area contributed by atoms with Gasteiger partial charge in [-0.3, -0.25) is 14.4 Å². The summed E-state index contributed by atoms with van der Waals surface area (Å²) in [7, 11) is 0. The molecule has 2 N–H and O–H groups in total. The molecule has 28 heavy (non-hydrogen) atoms. The first kappa shape index (κ1) is 19.5. The second kappa shape index (κ2) is 9.09. The van der Waals surface area contributed by atoms with Gasteiger partial charge in [-0.15, -0.1) is 5.10 Å². The number of rotatable bonds is 6. The molecule has 142 valence electrons. The van der Waals surface area contributed by atoms with Crippen molar-refractivity contribution < 1.29 is 14.4 Å². The molecule has 2 aromatic rings. The zero-order valence-corrected chi connectivity index (χ0v) is 15.9. The van der Waals surface area contributed by atoms with Gasteiger partial charge in [-0.2, -0.15) is 5.10 Å². The molecule has 0 bridgehead atoms. The van der Waals surface area contributed by atoms with Crippen LogP contribution in [0.15, 0.2) is 64.8 Å². The number of Topliss-reactive ketones (excluding diaryl/α,β-unsaturated/α-hetero) is 1. The minimum absolute atomic E-state index is 0.0117. The van der Waals surface area contributed by atoms with Crippen molar-refractivity contribution in [1.29, 1.82) is 0 Å². The van der Waals surface area contributed by atoms with Crippen molar-refractivity contribution in [2.24, 2.45) is 10.2 Å². The Kier molecular flexibility index (Phi) is 6.33. The number of carbonyl (C=O) groups is 3. The number of ketones is 1. The Labute approximate surface area is 166 Å². The molecular formula is C20H18N4O3S. The molecule has 0 unspecified atom stereocenters. The maximum Gasteiger partial charge on any atom is 0.240 e. The van der Waals surface area contributed by atoms with Crippen LogP contribution in [-0.2, 0) is 9.59 Å². The molecule has 0 radical (unpaired) electrons. The Bertz CT molecular complexity index is 957. The Hall–Kier alpha value is -3.26. The van der Waals surface area contributed by atoms with Crippen molar-refractivity contribution in [3.8, 4) is 0 Å². The van der Waals surface area contributed by atoms with E-state index in [1.807, 2.05) is 30.3 Å². The number of anilines is 1. The molecule has 0 aromatic heterocycles. The summed E-state index contributed by atoms with van der Waals surface area (Å²) in [5.41, 5.74) is 1.92. The van der Waals surface area contributed by atoms with E-state index < -0.39 is 5.25 Å². The van der Waals surface area contributed by atoms with Gasteiger partial charge >= 0.3 is 0 Å². The Morgan fingerprint density at radius 3 is 2.71 bits per heavy atom. The maximum atomic E-state index is 12.2. The van der Waals surface area contributed by atoms with E-state index in [1.165, 1.54) is 6.92 Å². The Morgan fingerprint density at radius 1 is 1.18 bits per heavy atom. The van der Waals surface area contributed by atoms with Gasteiger partial charge in [-0.05, 0) is 24.6 Å². The highest BCUT2D eigenvalue weighted by atomic mass is 32.2. The lowest BCUT2D eigenvalue weighted by Crippen LogP contribution is -2.28. The molecule has 2 aromatic carbocycles. The van der Waals surface area contributed by atoms with Gasteiger partial charge in [0.2, 0.25) is 11.8 Å². The van der Waals surface area contributed by atoms with Crippen molar-refractivity contribution in [2.45, 2.75) is 18.6 Å². The Morgan fingerprint density at radius 2 is 1.96 bits per heavy atom. The fraction of sp³-hybridized carbons (Fsp3) is 0.150. The van der Waals surface area contributed by atoms with Crippen LogP contribution in [0, 0.1) is 0 Å². The largest absolute Gasteiger partial charge is 0.326 e. The van der Waals surface area contributed by atoms with Crippen LogP contribution in [0.4, 0.5) is 5.69 Å². The summed E-state index contributed by atoms with van der Waals surface area (Å²) in [5, 5.41) is 13.1. The molecule has 0 spiro atoms. The summed E-state index contributed by atoms with van der Waals surface area (Å²) in [5.74, 6) is -0.688. The van der Waals surface area contributed by atoms with Crippen molar-refractivity contribution in [1.82, 2.24) is 5.32 Å². The SMILES string of the molecule is CC(=O)c1cccc(NC(=O)C[C@@H]2S/C(=N/N=C\c3ccccc3)NC2=O)c1. The fourth-order valence-electron chi connectivity index (χ4n) is 2.47. The molecule has 1 aliphatic heterocycles. The first-order chi connectivity index (χ1) is 13.5. The normalized spacial score (nSPS) is 17.7. The van der Waals surface area contributed by atoms with E-state index in [4.69, 9.17) is 0 Å². The quantitative estimate of drug-likeness (QED) is 0.447. The zero-order chi connectivity index (χ0) is 19.9. The summed E-state index contributed by atoms with van der Waals surface area (Å²) in [6.45, 7) is 1.46. The molecule has 8 heteroatoms. The standard InChI is InChI=1S/C20H18N4O3S/c1-13(25)15-8-5-9-16(10-15)22-18(26)11-17-19(27)23-20(28-17)24-21-12-14-6-3-2-4-7-14/h2-10,12,17H,11H2,1H3,(H,22,26)(H,23,24,27)/b21-12-/t17-/m0/s1. The van der Waals surface area contributed by atoms with Crippen LogP contribution in [0.1, 0.15) is 29.3 Å². The van der Waals surface area contributed by atoms with Crippen molar-refractivity contribution in [3.63, 3.8) is 0 Å². The van der Waals surface area contributed by atoms with Crippen LogP contribution in [0.25, 0.3) is 0 Å². The third kappa shape index (κ3) is 5.37. The predicted octanol–water partition coefficient (Wildman–Crippen LogP) is 2.84. The first-order valence-electron chi connectivity index (χ1n) is 8.56. The smallest absolute Gasteiger partial charge is 0.240 e. The number of amides is 2. The molecule has 1 heterocycles. The van der Waals surface area contributed by atoms with Gasteiger partial charge in [0.15, 0.2) is 11.0 Å². The third-order valence-corrected chi connectivity index (χ3v) is 4.93. The predicted molar refractivity (Wildman–Crippen MR) is 111 cm³/mol. The molecule has 2 amide bonds. The lowest BCUT2D eigenvalue weighted by atomic mass is 10.1. The molecular weight excluding hydrogens is 376 g/mol. The number of carbonyl (C=O) groups excluding carboxylic acids is 3. The van der Waals surface area contributed by atoms with Gasteiger partial charge in [0, 0.05) is 17.7 Å². The maximum absolute atomic E-state index is 12.2. The Balaban J connectivity index is 1.56. The minimum Gasteiger partial charge on any atom is -0.326 e. The monoisotopic (exact) mass is 394 g/mol. The van der Waals surface area contributed by atoms with Crippen LogP contribution < -0.4 is 10.6 Å². The van der Waals surface area contributed by atoms with Crippen molar-refractivity contribution in [3.05, 3.63) is 65.7 Å². The van der Waals surface area contributed by atoms with E-state index in [-0.39, 0.29) is 24.0 Å². The van der Waals surface area contributed by atoms with Gasteiger partial charge in [0.25, 0.3) is 0 Å². The zero-order valence-electron chi connectivity index (χ0n) is 15.1. The van der Waals surface area contributed by atoms with E-state index in [0.29, 0.717) is 16.4 Å². The van der Waals surface area contributed by atoms with Crippen LogP contribution in [-0.4, -0.2) is 34.2 Å². The average Bonchev–Trinajstić information content (AvgIpc) is 3.02. The average molecular weight is 394 g/mol. The number of thioether (sulfide) groups is 1. The number of benzene rings is 2. The van der Waals surface area contributed by atoms with Gasteiger partial charge in [0.05, 0.1) is 6.21 Å². The lowest BCUT2D eigenvalue weighted by Gasteiger charge is -2.08. The van der Waals surface area contributed by atoms with Crippen LogP contribution in [0.5, 0.6) is 0 Å². The number of nitrogens with one attached hydrogen (secondary N) is 2. The number of hydrogen-bond donors (Lipinski definition) is 2. The summed E-state index contributed by atoms with van der Waals surface area (Å²) < 4.78 is 0. The molecule has 0 aliphatic carbocycles. The molecule has 1 fully saturated rings. The molecule has 7 nitrogen and oxygen atoms in total. The van der Waals surface area contributed by atoms with Gasteiger partial charge in [-0.25, -0.2) is 0 Å².